The lowest BCUT2D eigenvalue weighted by atomic mass is 9.80. The van der Waals surface area contributed by atoms with Gasteiger partial charge in [-0.1, -0.05) is 37.3 Å². The number of esters is 1. The smallest absolute Gasteiger partial charge is 0.310 e. The molecule has 2 rings (SSSR count). The van der Waals surface area contributed by atoms with E-state index in [9.17, 15) is 4.79 Å². The molecule has 0 radical (unpaired) electrons. The van der Waals surface area contributed by atoms with Crippen molar-refractivity contribution in [2.75, 3.05) is 26.7 Å². The van der Waals surface area contributed by atoms with E-state index >= 15 is 0 Å². The molecular formula is C16H23NO2. The molecule has 3 heteroatoms. The number of benzene rings is 1. The Kier molecular flexibility index (Phi) is 4.97. The number of hydrogen-bond acceptors (Lipinski definition) is 3. The third-order valence-corrected chi connectivity index (χ3v) is 3.79. The van der Waals surface area contributed by atoms with E-state index in [0.717, 1.165) is 25.9 Å². The molecule has 1 aliphatic rings. The van der Waals surface area contributed by atoms with Crippen molar-refractivity contribution in [2.45, 2.75) is 25.7 Å². The molecule has 2 atom stereocenters. The topological polar surface area (TPSA) is 29.5 Å². The summed E-state index contributed by atoms with van der Waals surface area (Å²) in [4.78, 5) is 14.5. The van der Waals surface area contributed by atoms with Gasteiger partial charge < -0.3 is 9.64 Å². The number of likely N-dealkylation sites (tertiary alicyclic amines) is 1. The van der Waals surface area contributed by atoms with Gasteiger partial charge in [-0.25, -0.2) is 0 Å². The third kappa shape index (κ3) is 3.57. The number of carbonyl (C=O) groups excluding carboxylic acids is 1. The van der Waals surface area contributed by atoms with E-state index in [1.165, 1.54) is 5.56 Å². The van der Waals surface area contributed by atoms with Gasteiger partial charge in [0.2, 0.25) is 0 Å². The minimum absolute atomic E-state index is 0.0345. The molecule has 0 N–H and O–H groups in total. The Hall–Kier alpha value is -1.35. The zero-order valence-electron chi connectivity index (χ0n) is 11.8. The van der Waals surface area contributed by atoms with Crippen LogP contribution in [0.25, 0.3) is 0 Å². The molecule has 0 aromatic heterocycles. The monoisotopic (exact) mass is 261 g/mol. The van der Waals surface area contributed by atoms with Crippen LogP contribution in [-0.4, -0.2) is 37.6 Å². The Morgan fingerprint density at radius 1 is 1.37 bits per heavy atom. The lowest BCUT2D eigenvalue weighted by Crippen LogP contribution is -2.41. The number of carbonyl (C=O) groups is 1. The molecule has 1 aromatic rings. The summed E-state index contributed by atoms with van der Waals surface area (Å²) in [5.41, 5.74) is 1.26. The summed E-state index contributed by atoms with van der Waals surface area (Å²) in [7, 11) is 2.07. The van der Waals surface area contributed by atoms with Crippen molar-refractivity contribution in [3.05, 3.63) is 35.9 Å². The summed E-state index contributed by atoms with van der Waals surface area (Å²) in [5.74, 6) is 0.219. The maximum absolute atomic E-state index is 12.2. The van der Waals surface area contributed by atoms with Crippen LogP contribution in [0.1, 0.15) is 31.2 Å². The molecule has 1 saturated heterocycles. The van der Waals surface area contributed by atoms with Crippen LogP contribution in [0, 0.1) is 5.92 Å². The summed E-state index contributed by atoms with van der Waals surface area (Å²) < 4.78 is 5.37. The summed E-state index contributed by atoms with van der Waals surface area (Å²) in [6.07, 6.45) is 1.90. The number of piperidine rings is 1. The maximum atomic E-state index is 12.2. The van der Waals surface area contributed by atoms with Crippen molar-refractivity contribution in [1.29, 1.82) is 0 Å². The highest BCUT2D eigenvalue weighted by atomic mass is 16.5. The van der Waals surface area contributed by atoms with Gasteiger partial charge in [0.1, 0.15) is 0 Å². The van der Waals surface area contributed by atoms with Crippen molar-refractivity contribution in [2.24, 2.45) is 5.92 Å². The molecule has 19 heavy (non-hydrogen) atoms. The van der Waals surface area contributed by atoms with Gasteiger partial charge in [-0.15, -0.1) is 0 Å². The van der Waals surface area contributed by atoms with Gasteiger partial charge >= 0.3 is 5.97 Å². The van der Waals surface area contributed by atoms with Gasteiger partial charge in [0.25, 0.3) is 0 Å². The standard InChI is InChI=1S/C16H23NO2/c1-3-11-19-16(18)15-12-17(2)10-9-14(15)13-7-5-4-6-8-13/h4-8,14-15H,3,9-12H2,1-2H3/t14-,15-/m1/s1. The Labute approximate surface area is 115 Å². The van der Waals surface area contributed by atoms with Crippen LogP contribution < -0.4 is 0 Å². The molecule has 104 valence electrons. The van der Waals surface area contributed by atoms with Crippen LogP contribution in [0.5, 0.6) is 0 Å². The van der Waals surface area contributed by atoms with Crippen molar-refractivity contribution < 1.29 is 9.53 Å². The first-order valence-electron chi connectivity index (χ1n) is 7.12. The molecule has 0 saturated carbocycles. The highest BCUT2D eigenvalue weighted by molar-refractivity contribution is 5.74. The van der Waals surface area contributed by atoms with Crippen LogP contribution in [0.15, 0.2) is 30.3 Å². The van der Waals surface area contributed by atoms with E-state index in [-0.39, 0.29) is 11.9 Å². The number of nitrogens with zero attached hydrogens (tertiary/aromatic N) is 1. The normalized spacial score (nSPS) is 24.1. The zero-order chi connectivity index (χ0) is 13.7. The van der Waals surface area contributed by atoms with Gasteiger partial charge in [0.15, 0.2) is 0 Å². The van der Waals surface area contributed by atoms with E-state index in [1.54, 1.807) is 0 Å². The number of ether oxygens (including phenoxy) is 1. The third-order valence-electron chi connectivity index (χ3n) is 3.79. The minimum Gasteiger partial charge on any atom is -0.465 e. The van der Waals surface area contributed by atoms with E-state index in [4.69, 9.17) is 4.74 Å². The summed E-state index contributed by atoms with van der Waals surface area (Å²) in [6, 6.07) is 10.3. The van der Waals surface area contributed by atoms with E-state index in [1.807, 2.05) is 25.1 Å². The molecule has 0 unspecified atom stereocenters. The Morgan fingerprint density at radius 3 is 2.79 bits per heavy atom. The SMILES string of the molecule is CCCOC(=O)[C@@H]1CN(C)CC[C@@H]1c1ccccc1. The van der Waals surface area contributed by atoms with E-state index in [2.05, 4.69) is 24.1 Å². The average molecular weight is 261 g/mol. The molecule has 0 aliphatic carbocycles. The predicted octanol–water partition coefficient (Wildman–Crippen LogP) is 2.68. The molecule has 1 aromatic carbocycles. The van der Waals surface area contributed by atoms with Gasteiger partial charge in [-0.3, -0.25) is 4.79 Å². The first-order chi connectivity index (χ1) is 9.22. The van der Waals surface area contributed by atoms with E-state index < -0.39 is 0 Å². The van der Waals surface area contributed by atoms with Gasteiger partial charge in [0.05, 0.1) is 12.5 Å². The predicted molar refractivity (Wildman–Crippen MR) is 76.0 cm³/mol. The Balaban J connectivity index is 2.13. The molecule has 0 amide bonds. The first-order valence-corrected chi connectivity index (χ1v) is 7.12. The second-order valence-electron chi connectivity index (χ2n) is 5.34. The largest absolute Gasteiger partial charge is 0.465 e. The van der Waals surface area contributed by atoms with Crippen molar-refractivity contribution in [3.63, 3.8) is 0 Å². The summed E-state index contributed by atoms with van der Waals surface area (Å²) >= 11 is 0. The molecule has 3 nitrogen and oxygen atoms in total. The fourth-order valence-corrected chi connectivity index (χ4v) is 2.76. The highest BCUT2D eigenvalue weighted by Gasteiger charge is 2.35. The lowest BCUT2D eigenvalue weighted by Gasteiger charge is -2.35. The molecule has 1 aliphatic heterocycles. The summed E-state index contributed by atoms with van der Waals surface area (Å²) in [6.45, 7) is 4.38. The van der Waals surface area contributed by atoms with E-state index in [0.29, 0.717) is 12.5 Å². The Morgan fingerprint density at radius 2 is 2.11 bits per heavy atom. The van der Waals surface area contributed by atoms with Crippen LogP contribution in [-0.2, 0) is 9.53 Å². The summed E-state index contributed by atoms with van der Waals surface area (Å²) in [5, 5.41) is 0. The molecule has 1 heterocycles. The van der Waals surface area contributed by atoms with Crippen LogP contribution in [0.3, 0.4) is 0 Å². The average Bonchev–Trinajstić information content (AvgIpc) is 2.45. The van der Waals surface area contributed by atoms with Gasteiger partial charge in [-0.05, 0) is 37.9 Å². The molecule has 0 spiro atoms. The van der Waals surface area contributed by atoms with Crippen LogP contribution in [0.2, 0.25) is 0 Å². The number of hydrogen-bond donors (Lipinski definition) is 0. The molecule has 1 fully saturated rings. The van der Waals surface area contributed by atoms with Crippen molar-refractivity contribution >= 4 is 5.97 Å². The quantitative estimate of drug-likeness (QED) is 0.780. The fraction of sp³-hybridized carbons (Fsp3) is 0.562. The van der Waals surface area contributed by atoms with Gasteiger partial charge in [0, 0.05) is 6.54 Å². The Bertz CT molecular complexity index is 404. The minimum atomic E-state index is -0.0396. The second kappa shape index (κ2) is 6.71. The van der Waals surface area contributed by atoms with Crippen LogP contribution in [0.4, 0.5) is 0 Å². The van der Waals surface area contributed by atoms with Crippen molar-refractivity contribution in [3.8, 4) is 0 Å². The lowest BCUT2D eigenvalue weighted by molar-refractivity contribution is -0.151. The van der Waals surface area contributed by atoms with Crippen LogP contribution >= 0.6 is 0 Å². The molecule has 0 bridgehead atoms. The molecular weight excluding hydrogens is 238 g/mol. The maximum Gasteiger partial charge on any atom is 0.310 e. The second-order valence-corrected chi connectivity index (χ2v) is 5.34. The fourth-order valence-electron chi connectivity index (χ4n) is 2.76. The number of rotatable bonds is 4. The highest BCUT2D eigenvalue weighted by Crippen LogP contribution is 2.33. The van der Waals surface area contributed by atoms with Gasteiger partial charge in [-0.2, -0.15) is 0 Å². The first kappa shape index (κ1) is 14.1. The zero-order valence-corrected chi connectivity index (χ0v) is 11.8. The van der Waals surface area contributed by atoms with Crippen molar-refractivity contribution in [1.82, 2.24) is 4.90 Å².